The molecule has 8 heteroatoms. The Morgan fingerprint density at radius 2 is 1.95 bits per heavy atom. The molecule has 0 unspecified atom stereocenters. The van der Waals surface area contributed by atoms with Crippen LogP contribution in [0.25, 0.3) is 0 Å². The van der Waals surface area contributed by atoms with E-state index < -0.39 is 24.3 Å². The lowest BCUT2D eigenvalue weighted by Gasteiger charge is -2.08. The molecule has 0 bridgehead atoms. The fourth-order valence-corrected chi connectivity index (χ4v) is 1.50. The maximum Gasteiger partial charge on any atom is 0.358 e. The lowest BCUT2D eigenvalue weighted by Crippen LogP contribution is -2.19. The van der Waals surface area contributed by atoms with Crippen LogP contribution in [0.15, 0.2) is 16.7 Å². The third kappa shape index (κ3) is 4.32. The monoisotopic (exact) mass is 330 g/mol. The van der Waals surface area contributed by atoms with Crippen molar-refractivity contribution in [1.29, 1.82) is 0 Å². The van der Waals surface area contributed by atoms with Gasteiger partial charge in [0.25, 0.3) is 0 Å². The molecule has 1 N–H and O–H groups in total. The molecule has 1 aromatic rings. The predicted octanol–water partition coefficient (Wildman–Crippen LogP) is 1.13. The van der Waals surface area contributed by atoms with Crippen LogP contribution in [0.4, 0.5) is 5.69 Å². The first-order valence-electron chi connectivity index (χ1n) is 5.09. The number of carbonyl (C=O) groups is 3. The molecule has 0 atom stereocenters. The highest BCUT2D eigenvalue weighted by Gasteiger charge is 2.17. The molecule has 0 aliphatic heterocycles. The molecule has 0 saturated heterocycles. The molecular formula is C11H11BrN2O5. The molecule has 0 fully saturated rings. The summed E-state index contributed by atoms with van der Waals surface area (Å²) in [6, 6.07) is 3.01. The van der Waals surface area contributed by atoms with Crippen molar-refractivity contribution in [2.24, 2.45) is 0 Å². The second kappa shape index (κ2) is 6.83. The molecule has 19 heavy (non-hydrogen) atoms. The molecule has 1 aromatic heterocycles. The molecule has 1 heterocycles. The Morgan fingerprint density at radius 3 is 2.53 bits per heavy atom. The molecule has 1 rings (SSSR count). The Morgan fingerprint density at radius 1 is 1.26 bits per heavy atom. The molecule has 0 spiro atoms. The molecule has 0 aromatic carbocycles. The van der Waals surface area contributed by atoms with E-state index in [0.717, 1.165) is 0 Å². The summed E-state index contributed by atoms with van der Waals surface area (Å²) in [6.07, 6.45) is -0.451. The number of hydrogen-bond donors (Lipinski definition) is 1. The van der Waals surface area contributed by atoms with Crippen molar-refractivity contribution in [3.63, 3.8) is 0 Å². The van der Waals surface area contributed by atoms with E-state index in [2.05, 4.69) is 35.7 Å². The summed E-state index contributed by atoms with van der Waals surface area (Å²) in [4.78, 5) is 37.9. The number of aromatic nitrogens is 1. The Hall–Kier alpha value is -1.96. The first-order chi connectivity index (χ1) is 8.97. The molecule has 1 amide bonds. The van der Waals surface area contributed by atoms with Gasteiger partial charge in [0.15, 0.2) is 5.69 Å². The van der Waals surface area contributed by atoms with E-state index in [4.69, 9.17) is 0 Å². The topological polar surface area (TPSA) is 94.6 Å². The third-order valence-electron chi connectivity index (χ3n) is 2.05. The van der Waals surface area contributed by atoms with Crippen molar-refractivity contribution in [2.45, 2.75) is 6.42 Å². The van der Waals surface area contributed by atoms with Crippen LogP contribution in [0.5, 0.6) is 0 Å². The minimum atomic E-state index is -0.699. The van der Waals surface area contributed by atoms with Crippen molar-refractivity contribution >= 4 is 39.5 Å². The number of pyridine rings is 1. The van der Waals surface area contributed by atoms with E-state index in [1.54, 1.807) is 6.07 Å². The zero-order chi connectivity index (χ0) is 14.4. The van der Waals surface area contributed by atoms with Gasteiger partial charge in [-0.2, -0.15) is 0 Å². The summed E-state index contributed by atoms with van der Waals surface area (Å²) in [5.41, 5.74) is 0.0963. The second-order valence-electron chi connectivity index (χ2n) is 3.32. The first kappa shape index (κ1) is 15.1. The van der Waals surface area contributed by atoms with Crippen molar-refractivity contribution in [3.8, 4) is 0 Å². The SMILES string of the molecule is COC(=O)CC(=O)Nc1ccc(Br)nc1C(=O)OC. The Balaban J connectivity index is 2.91. The number of carbonyl (C=O) groups excluding carboxylic acids is 3. The van der Waals surface area contributed by atoms with Crippen LogP contribution in [0.3, 0.4) is 0 Å². The van der Waals surface area contributed by atoms with Gasteiger partial charge in [0, 0.05) is 0 Å². The zero-order valence-corrected chi connectivity index (χ0v) is 11.8. The number of nitrogens with zero attached hydrogens (tertiary/aromatic N) is 1. The van der Waals surface area contributed by atoms with Crippen molar-refractivity contribution < 1.29 is 23.9 Å². The zero-order valence-electron chi connectivity index (χ0n) is 10.2. The van der Waals surface area contributed by atoms with Crippen LogP contribution in [0.2, 0.25) is 0 Å². The number of hydrogen-bond acceptors (Lipinski definition) is 6. The lowest BCUT2D eigenvalue weighted by atomic mass is 10.2. The van der Waals surface area contributed by atoms with E-state index >= 15 is 0 Å². The van der Waals surface area contributed by atoms with E-state index in [1.165, 1.54) is 20.3 Å². The average molecular weight is 331 g/mol. The van der Waals surface area contributed by atoms with Gasteiger partial charge in [0.1, 0.15) is 11.0 Å². The fraction of sp³-hybridized carbons (Fsp3) is 0.273. The molecule has 7 nitrogen and oxygen atoms in total. The normalized spacial score (nSPS) is 9.63. The predicted molar refractivity (Wildman–Crippen MR) is 68.5 cm³/mol. The number of nitrogens with one attached hydrogen (secondary N) is 1. The number of ether oxygens (including phenoxy) is 2. The van der Waals surface area contributed by atoms with Gasteiger partial charge >= 0.3 is 11.9 Å². The van der Waals surface area contributed by atoms with Gasteiger partial charge in [-0.05, 0) is 28.1 Å². The maximum absolute atomic E-state index is 11.5. The minimum Gasteiger partial charge on any atom is -0.469 e. The van der Waals surface area contributed by atoms with Gasteiger partial charge < -0.3 is 14.8 Å². The van der Waals surface area contributed by atoms with Crippen LogP contribution in [0, 0.1) is 0 Å². The lowest BCUT2D eigenvalue weighted by molar-refractivity contribution is -0.142. The maximum atomic E-state index is 11.5. The van der Waals surface area contributed by atoms with Crippen LogP contribution in [-0.4, -0.2) is 37.0 Å². The molecule has 0 aliphatic carbocycles. The molecule has 0 saturated carbocycles. The molecule has 102 valence electrons. The fourth-order valence-electron chi connectivity index (χ4n) is 1.19. The van der Waals surface area contributed by atoms with Crippen LogP contribution in [-0.2, 0) is 19.1 Å². The Kier molecular flexibility index (Phi) is 5.43. The molecule has 0 aliphatic rings. The summed E-state index contributed by atoms with van der Waals surface area (Å²) in [5, 5.41) is 2.39. The van der Waals surface area contributed by atoms with Crippen LogP contribution < -0.4 is 5.32 Å². The van der Waals surface area contributed by atoms with Crippen molar-refractivity contribution in [3.05, 3.63) is 22.4 Å². The summed E-state index contributed by atoms with van der Waals surface area (Å²) in [6.45, 7) is 0. The number of methoxy groups -OCH3 is 2. The minimum absolute atomic E-state index is 0.0601. The highest BCUT2D eigenvalue weighted by atomic mass is 79.9. The van der Waals surface area contributed by atoms with Crippen molar-refractivity contribution in [2.75, 3.05) is 19.5 Å². The summed E-state index contributed by atoms with van der Waals surface area (Å²) in [7, 11) is 2.38. The summed E-state index contributed by atoms with van der Waals surface area (Å²) in [5.74, 6) is -1.99. The van der Waals surface area contributed by atoms with Gasteiger partial charge in [-0.25, -0.2) is 9.78 Å². The number of rotatable bonds is 4. The van der Waals surface area contributed by atoms with Crippen LogP contribution in [0.1, 0.15) is 16.9 Å². The molecule has 0 radical (unpaired) electrons. The van der Waals surface area contributed by atoms with Gasteiger partial charge in [-0.15, -0.1) is 0 Å². The largest absolute Gasteiger partial charge is 0.469 e. The Bertz CT molecular complexity index is 518. The smallest absolute Gasteiger partial charge is 0.358 e. The first-order valence-corrected chi connectivity index (χ1v) is 5.88. The second-order valence-corrected chi connectivity index (χ2v) is 4.14. The van der Waals surface area contributed by atoms with E-state index in [9.17, 15) is 14.4 Å². The van der Waals surface area contributed by atoms with Gasteiger partial charge in [0.2, 0.25) is 5.91 Å². The summed E-state index contributed by atoms with van der Waals surface area (Å²) < 4.78 is 9.33. The number of halogens is 1. The van der Waals surface area contributed by atoms with Gasteiger partial charge in [-0.1, -0.05) is 0 Å². The van der Waals surface area contributed by atoms with E-state index in [-0.39, 0.29) is 11.4 Å². The highest BCUT2D eigenvalue weighted by molar-refractivity contribution is 9.10. The Labute approximate surface area is 117 Å². The number of anilines is 1. The number of esters is 2. The third-order valence-corrected chi connectivity index (χ3v) is 2.49. The quantitative estimate of drug-likeness (QED) is 0.505. The van der Waals surface area contributed by atoms with Crippen LogP contribution >= 0.6 is 15.9 Å². The van der Waals surface area contributed by atoms with Crippen molar-refractivity contribution in [1.82, 2.24) is 4.98 Å². The average Bonchev–Trinajstić information content (AvgIpc) is 2.39. The highest BCUT2D eigenvalue weighted by Crippen LogP contribution is 2.18. The summed E-state index contributed by atoms with van der Waals surface area (Å²) >= 11 is 3.11. The molecular weight excluding hydrogens is 320 g/mol. The number of amides is 1. The van der Waals surface area contributed by atoms with Gasteiger partial charge in [0.05, 0.1) is 19.9 Å². The van der Waals surface area contributed by atoms with E-state index in [1.807, 2.05) is 0 Å². The van der Waals surface area contributed by atoms with E-state index in [0.29, 0.717) is 4.60 Å². The van der Waals surface area contributed by atoms with Gasteiger partial charge in [-0.3, -0.25) is 9.59 Å². The standard InChI is InChI=1S/C11H11BrN2O5/c1-18-9(16)5-8(15)13-6-3-4-7(12)14-10(6)11(17)19-2/h3-4H,5H2,1-2H3,(H,13,15).